The van der Waals surface area contributed by atoms with Gasteiger partial charge in [0.25, 0.3) is 0 Å². The zero-order chi connectivity index (χ0) is 13.5. The van der Waals surface area contributed by atoms with Crippen LogP contribution in [0.1, 0.15) is 25.0 Å². The van der Waals surface area contributed by atoms with Crippen LogP contribution >= 0.6 is 0 Å². The fourth-order valence-corrected chi connectivity index (χ4v) is 1.68. The maximum Gasteiger partial charge on any atom is 0.237 e. The van der Waals surface area contributed by atoms with E-state index in [4.69, 9.17) is 5.26 Å². The van der Waals surface area contributed by atoms with E-state index in [1.54, 1.807) is 0 Å². The fourth-order valence-electron chi connectivity index (χ4n) is 1.68. The molecule has 1 rings (SSSR count). The Kier molecular flexibility index (Phi) is 5.38. The van der Waals surface area contributed by atoms with Crippen molar-refractivity contribution in [3.05, 3.63) is 35.4 Å². The molecule has 96 valence electrons. The third-order valence-corrected chi connectivity index (χ3v) is 2.84. The van der Waals surface area contributed by atoms with Crippen LogP contribution in [0.15, 0.2) is 24.3 Å². The van der Waals surface area contributed by atoms with Crippen LogP contribution < -0.4 is 5.32 Å². The molecule has 1 atom stereocenters. The molecule has 3 heteroatoms. The van der Waals surface area contributed by atoms with Crippen LogP contribution in [0.25, 0.3) is 0 Å². The zero-order valence-corrected chi connectivity index (χ0v) is 11.2. The average molecular weight is 244 g/mol. The first kappa shape index (κ1) is 14.2. The normalized spacial score (nSPS) is 11.9. The molecule has 0 aliphatic rings. The Labute approximate surface area is 109 Å². The molecule has 0 spiro atoms. The van der Waals surface area contributed by atoms with Crippen LogP contribution in [-0.2, 0) is 11.2 Å². The second kappa shape index (κ2) is 6.80. The summed E-state index contributed by atoms with van der Waals surface area (Å²) in [6.45, 7) is 6.67. The lowest BCUT2D eigenvalue weighted by Crippen LogP contribution is -2.33. The highest BCUT2D eigenvalue weighted by atomic mass is 16.1. The van der Waals surface area contributed by atoms with Crippen LogP contribution in [0.5, 0.6) is 0 Å². The molecule has 0 aliphatic carbocycles. The highest BCUT2D eigenvalue weighted by Gasteiger charge is 2.18. The van der Waals surface area contributed by atoms with E-state index in [1.165, 1.54) is 0 Å². The summed E-state index contributed by atoms with van der Waals surface area (Å²) < 4.78 is 0. The smallest absolute Gasteiger partial charge is 0.237 e. The molecule has 1 amide bonds. The zero-order valence-electron chi connectivity index (χ0n) is 11.2. The molecule has 1 unspecified atom stereocenters. The second-order valence-corrected chi connectivity index (χ2v) is 4.95. The monoisotopic (exact) mass is 244 g/mol. The van der Waals surface area contributed by atoms with Crippen LogP contribution in [0, 0.1) is 30.1 Å². The SMILES string of the molecule is Cc1ccccc1CC(C#N)C(=O)NCC(C)C. The third-order valence-electron chi connectivity index (χ3n) is 2.84. The van der Waals surface area contributed by atoms with E-state index in [9.17, 15) is 4.79 Å². The maximum absolute atomic E-state index is 11.9. The molecule has 1 aromatic carbocycles. The Morgan fingerprint density at radius 2 is 2.06 bits per heavy atom. The van der Waals surface area contributed by atoms with E-state index in [-0.39, 0.29) is 5.91 Å². The summed E-state index contributed by atoms with van der Waals surface area (Å²) in [7, 11) is 0. The highest BCUT2D eigenvalue weighted by Crippen LogP contribution is 2.13. The van der Waals surface area contributed by atoms with Crippen LogP contribution in [-0.4, -0.2) is 12.5 Å². The number of carbonyl (C=O) groups excluding carboxylic acids is 1. The first-order valence-corrected chi connectivity index (χ1v) is 6.26. The summed E-state index contributed by atoms with van der Waals surface area (Å²) in [5.74, 6) is -0.383. The Balaban J connectivity index is 2.66. The quantitative estimate of drug-likeness (QED) is 0.865. The molecule has 0 saturated heterocycles. The number of nitrogens with zero attached hydrogens (tertiary/aromatic N) is 1. The Morgan fingerprint density at radius 1 is 1.39 bits per heavy atom. The number of amides is 1. The minimum absolute atomic E-state index is 0.172. The predicted octanol–water partition coefficient (Wildman–Crippen LogP) is 2.45. The lowest BCUT2D eigenvalue weighted by molar-refractivity contribution is -0.123. The minimum Gasteiger partial charge on any atom is -0.355 e. The van der Waals surface area contributed by atoms with Gasteiger partial charge in [-0.2, -0.15) is 5.26 Å². The van der Waals surface area contributed by atoms with Crippen molar-refractivity contribution in [3.63, 3.8) is 0 Å². The van der Waals surface area contributed by atoms with Gasteiger partial charge in [-0.1, -0.05) is 38.1 Å². The average Bonchev–Trinajstić information content (AvgIpc) is 2.35. The molecule has 0 bridgehead atoms. The van der Waals surface area contributed by atoms with Gasteiger partial charge in [0, 0.05) is 6.54 Å². The van der Waals surface area contributed by atoms with Gasteiger partial charge >= 0.3 is 0 Å². The molecule has 3 nitrogen and oxygen atoms in total. The summed E-state index contributed by atoms with van der Waals surface area (Å²) in [5, 5.41) is 11.9. The predicted molar refractivity (Wildman–Crippen MR) is 71.8 cm³/mol. The van der Waals surface area contributed by atoms with Gasteiger partial charge in [0.05, 0.1) is 6.07 Å². The summed E-state index contributed by atoms with van der Waals surface area (Å²) in [4.78, 5) is 11.9. The summed E-state index contributed by atoms with van der Waals surface area (Å²) >= 11 is 0. The third kappa shape index (κ3) is 4.21. The van der Waals surface area contributed by atoms with Gasteiger partial charge in [-0.15, -0.1) is 0 Å². The molecule has 0 aliphatic heterocycles. The molecular formula is C15H20N2O. The summed E-state index contributed by atoms with van der Waals surface area (Å²) in [5.41, 5.74) is 2.18. The lowest BCUT2D eigenvalue weighted by atomic mass is 9.96. The Morgan fingerprint density at radius 3 is 2.61 bits per heavy atom. The standard InChI is InChI=1S/C15H20N2O/c1-11(2)10-17-15(18)14(9-16)8-13-7-5-4-6-12(13)3/h4-7,11,14H,8,10H2,1-3H3,(H,17,18). The number of rotatable bonds is 5. The molecule has 0 radical (unpaired) electrons. The van der Waals surface area contributed by atoms with Crippen molar-refractivity contribution in [2.75, 3.05) is 6.54 Å². The molecule has 18 heavy (non-hydrogen) atoms. The Hall–Kier alpha value is -1.82. The van der Waals surface area contributed by atoms with Gasteiger partial charge in [-0.25, -0.2) is 0 Å². The maximum atomic E-state index is 11.9. The van der Waals surface area contributed by atoms with Crippen molar-refractivity contribution in [2.45, 2.75) is 27.2 Å². The number of hydrogen-bond acceptors (Lipinski definition) is 2. The van der Waals surface area contributed by atoms with E-state index in [0.29, 0.717) is 18.9 Å². The fraction of sp³-hybridized carbons (Fsp3) is 0.467. The van der Waals surface area contributed by atoms with Crippen molar-refractivity contribution in [1.82, 2.24) is 5.32 Å². The number of hydrogen-bond donors (Lipinski definition) is 1. The van der Waals surface area contributed by atoms with E-state index in [2.05, 4.69) is 11.4 Å². The highest BCUT2D eigenvalue weighted by molar-refractivity contribution is 5.81. The van der Waals surface area contributed by atoms with E-state index >= 15 is 0 Å². The van der Waals surface area contributed by atoms with Crippen molar-refractivity contribution in [2.24, 2.45) is 11.8 Å². The van der Waals surface area contributed by atoms with Crippen LogP contribution in [0.2, 0.25) is 0 Å². The van der Waals surface area contributed by atoms with Gasteiger partial charge in [0.1, 0.15) is 5.92 Å². The minimum atomic E-state index is -0.607. The van der Waals surface area contributed by atoms with Gasteiger partial charge in [0.2, 0.25) is 5.91 Å². The topological polar surface area (TPSA) is 52.9 Å². The molecule has 0 fully saturated rings. The van der Waals surface area contributed by atoms with Gasteiger partial charge < -0.3 is 5.32 Å². The number of carbonyl (C=O) groups is 1. The first-order valence-electron chi connectivity index (χ1n) is 6.26. The van der Waals surface area contributed by atoms with Crippen LogP contribution in [0.3, 0.4) is 0 Å². The molecule has 1 N–H and O–H groups in total. The van der Waals surface area contributed by atoms with Crippen molar-refractivity contribution < 1.29 is 4.79 Å². The molecule has 0 heterocycles. The first-order chi connectivity index (χ1) is 8.54. The molecular weight excluding hydrogens is 224 g/mol. The van der Waals surface area contributed by atoms with Crippen molar-refractivity contribution in [3.8, 4) is 6.07 Å². The summed E-state index contributed by atoms with van der Waals surface area (Å²) in [6, 6.07) is 9.94. The van der Waals surface area contributed by atoms with E-state index in [1.807, 2.05) is 45.0 Å². The summed E-state index contributed by atoms with van der Waals surface area (Å²) in [6.07, 6.45) is 0.479. The Bertz CT molecular complexity index is 446. The molecule has 0 aromatic heterocycles. The molecule has 0 saturated carbocycles. The largest absolute Gasteiger partial charge is 0.355 e. The lowest BCUT2D eigenvalue weighted by Gasteiger charge is -2.13. The van der Waals surface area contributed by atoms with Crippen LogP contribution in [0.4, 0.5) is 0 Å². The van der Waals surface area contributed by atoms with Gasteiger partial charge in [-0.05, 0) is 30.4 Å². The van der Waals surface area contributed by atoms with E-state index < -0.39 is 5.92 Å². The second-order valence-electron chi connectivity index (χ2n) is 4.95. The number of aryl methyl sites for hydroxylation is 1. The molecule has 1 aromatic rings. The number of nitrogens with one attached hydrogen (secondary N) is 1. The van der Waals surface area contributed by atoms with Gasteiger partial charge in [0.15, 0.2) is 0 Å². The number of benzene rings is 1. The van der Waals surface area contributed by atoms with Gasteiger partial charge in [-0.3, -0.25) is 4.79 Å². The van der Waals surface area contributed by atoms with Crippen molar-refractivity contribution >= 4 is 5.91 Å². The number of nitriles is 1. The van der Waals surface area contributed by atoms with Crippen molar-refractivity contribution in [1.29, 1.82) is 5.26 Å². The van der Waals surface area contributed by atoms with E-state index in [0.717, 1.165) is 11.1 Å².